The van der Waals surface area contributed by atoms with Crippen LogP contribution in [0, 0.1) is 20.8 Å². The first-order chi connectivity index (χ1) is 16.3. The van der Waals surface area contributed by atoms with E-state index in [4.69, 9.17) is 14.0 Å². The molecule has 174 valence electrons. The standard InChI is InChI=1S/C25H23N3O6/c1-15-8-9-19(10-16(15)2)32-14-23(29)27-21-7-5-4-6-20(21)25(31)33-13-18-12-24(30)28-22(26-18)11-17(3)34-28/h4-12H,13-14H2,1-3H3,(H,27,29). The van der Waals surface area contributed by atoms with Gasteiger partial charge in [-0.25, -0.2) is 9.78 Å². The van der Waals surface area contributed by atoms with Crippen LogP contribution in [0.15, 0.2) is 63.9 Å². The molecule has 0 unspecified atom stereocenters. The van der Waals surface area contributed by atoms with Gasteiger partial charge in [-0.15, -0.1) is 4.57 Å². The second kappa shape index (κ2) is 9.62. The summed E-state index contributed by atoms with van der Waals surface area (Å²) in [5.74, 6) is 0.0225. The fourth-order valence-corrected chi connectivity index (χ4v) is 3.27. The molecule has 0 atom stereocenters. The lowest BCUT2D eigenvalue weighted by molar-refractivity contribution is -0.118. The van der Waals surface area contributed by atoms with E-state index < -0.39 is 17.4 Å². The highest BCUT2D eigenvalue weighted by atomic mass is 16.5. The highest BCUT2D eigenvalue weighted by Gasteiger charge is 2.16. The number of esters is 1. The van der Waals surface area contributed by atoms with E-state index in [0.717, 1.165) is 15.7 Å². The van der Waals surface area contributed by atoms with Crippen molar-refractivity contribution in [3.8, 4) is 5.75 Å². The molecular formula is C25H23N3O6. The normalized spacial score (nSPS) is 10.8. The van der Waals surface area contributed by atoms with Crippen molar-refractivity contribution in [3.63, 3.8) is 0 Å². The van der Waals surface area contributed by atoms with Gasteiger partial charge in [0.05, 0.1) is 16.9 Å². The Labute approximate surface area is 194 Å². The molecule has 0 aliphatic heterocycles. The summed E-state index contributed by atoms with van der Waals surface area (Å²) in [6, 6.07) is 14.9. The van der Waals surface area contributed by atoms with Crippen molar-refractivity contribution in [2.24, 2.45) is 0 Å². The minimum atomic E-state index is -0.670. The maximum Gasteiger partial charge on any atom is 0.340 e. The van der Waals surface area contributed by atoms with E-state index in [-0.39, 0.29) is 30.2 Å². The quantitative estimate of drug-likeness (QED) is 0.419. The number of aryl methyl sites for hydroxylation is 3. The zero-order valence-electron chi connectivity index (χ0n) is 19.0. The summed E-state index contributed by atoms with van der Waals surface area (Å²) in [5, 5.41) is 2.68. The van der Waals surface area contributed by atoms with Crippen LogP contribution < -0.4 is 15.6 Å². The number of hydrogen-bond donors (Lipinski definition) is 1. The predicted molar refractivity (Wildman–Crippen MR) is 124 cm³/mol. The molecule has 0 radical (unpaired) electrons. The Morgan fingerprint density at radius 1 is 1.03 bits per heavy atom. The van der Waals surface area contributed by atoms with E-state index >= 15 is 0 Å². The fourth-order valence-electron chi connectivity index (χ4n) is 3.27. The second-order valence-corrected chi connectivity index (χ2v) is 7.79. The van der Waals surface area contributed by atoms with E-state index in [2.05, 4.69) is 10.3 Å². The van der Waals surface area contributed by atoms with Gasteiger partial charge in [-0.05, 0) is 56.2 Å². The number of nitrogens with zero attached hydrogens (tertiary/aromatic N) is 2. The van der Waals surface area contributed by atoms with Gasteiger partial charge in [-0.2, -0.15) is 0 Å². The van der Waals surface area contributed by atoms with Crippen LogP contribution in [0.5, 0.6) is 5.75 Å². The number of para-hydroxylation sites is 1. The van der Waals surface area contributed by atoms with Gasteiger partial charge in [0.1, 0.15) is 18.1 Å². The van der Waals surface area contributed by atoms with Gasteiger partial charge in [0, 0.05) is 12.1 Å². The molecule has 2 heterocycles. The van der Waals surface area contributed by atoms with Crippen molar-refractivity contribution < 1.29 is 23.6 Å². The van der Waals surface area contributed by atoms with Crippen molar-refractivity contribution in [2.75, 3.05) is 11.9 Å². The average Bonchev–Trinajstić information content (AvgIpc) is 3.19. The van der Waals surface area contributed by atoms with E-state index in [1.54, 1.807) is 37.3 Å². The Kier molecular flexibility index (Phi) is 6.44. The van der Waals surface area contributed by atoms with E-state index in [0.29, 0.717) is 17.2 Å². The highest BCUT2D eigenvalue weighted by Crippen LogP contribution is 2.19. The summed E-state index contributed by atoms with van der Waals surface area (Å²) in [4.78, 5) is 41.5. The third kappa shape index (κ3) is 5.15. The summed E-state index contributed by atoms with van der Waals surface area (Å²) in [6.45, 7) is 5.22. The molecule has 4 aromatic rings. The van der Waals surface area contributed by atoms with Crippen molar-refractivity contribution in [2.45, 2.75) is 27.4 Å². The van der Waals surface area contributed by atoms with Gasteiger partial charge in [0.2, 0.25) is 0 Å². The molecular weight excluding hydrogens is 438 g/mol. The van der Waals surface area contributed by atoms with Crippen LogP contribution in [-0.2, 0) is 16.1 Å². The molecule has 0 fully saturated rings. The maximum absolute atomic E-state index is 12.7. The monoisotopic (exact) mass is 461 g/mol. The lowest BCUT2D eigenvalue weighted by Gasteiger charge is -2.12. The lowest BCUT2D eigenvalue weighted by atomic mass is 10.1. The minimum Gasteiger partial charge on any atom is -0.484 e. The van der Waals surface area contributed by atoms with Gasteiger partial charge in [-0.1, -0.05) is 18.2 Å². The fraction of sp³-hybridized carbons (Fsp3) is 0.200. The third-order valence-corrected chi connectivity index (χ3v) is 5.14. The number of nitrogens with one attached hydrogen (secondary N) is 1. The van der Waals surface area contributed by atoms with Gasteiger partial charge >= 0.3 is 5.97 Å². The number of anilines is 1. The van der Waals surface area contributed by atoms with Crippen LogP contribution in [0.3, 0.4) is 0 Å². The van der Waals surface area contributed by atoms with Gasteiger partial charge in [0.15, 0.2) is 12.3 Å². The van der Waals surface area contributed by atoms with Crippen molar-refractivity contribution in [1.29, 1.82) is 0 Å². The molecule has 2 aromatic carbocycles. The zero-order valence-corrected chi connectivity index (χ0v) is 19.0. The topological polar surface area (TPSA) is 112 Å². The molecule has 34 heavy (non-hydrogen) atoms. The molecule has 0 saturated carbocycles. The van der Waals surface area contributed by atoms with Crippen LogP contribution in [0.1, 0.15) is 32.9 Å². The molecule has 0 bridgehead atoms. The molecule has 0 spiro atoms. The Morgan fingerprint density at radius 3 is 2.62 bits per heavy atom. The summed E-state index contributed by atoms with van der Waals surface area (Å²) in [7, 11) is 0. The number of ether oxygens (including phenoxy) is 2. The molecule has 9 nitrogen and oxygen atoms in total. The van der Waals surface area contributed by atoms with Gasteiger partial charge in [-0.3, -0.25) is 9.59 Å². The van der Waals surface area contributed by atoms with Crippen molar-refractivity contribution >= 4 is 23.2 Å². The van der Waals surface area contributed by atoms with Crippen molar-refractivity contribution in [3.05, 3.63) is 93.1 Å². The third-order valence-electron chi connectivity index (χ3n) is 5.14. The minimum absolute atomic E-state index is 0.166. The molecule has 0 aliphatic carbocycles. The maximum atomic E-state index is 12.7. The van der Waals surface area contributed by atoms with E-state index in [1.807, 2.05) is 26.0 Å². The first-order valence-corrected chi connectivity index (χ1v) is 10.6. The highest BCUT2D eigenvalue weighted by molar-refractivity contribution is 6.01. The van der Waals surface area contributed by atoms with Crippen molar-refractivity contribution in [1.82, 2.24) is 9.56 Å². The lowest BCUT2D eigenvalue weighted by Crippen LogP contribution is -2.22. The molecule has 9 heteroatoms. The van der Waals surface area contributed by atoms with E-state index in [9.17, 15) is 14.4 Å². The Bertz CT molecular complexity index is 1440. The van der Waals surface area contributed by atoms with Crippen LogP contribution in [0.2, 0.25) is 0 Å². The average molecular weight is 461 g/mol. The number of aromatic nitrogens is 2. The number of benzene rings is 2. The number of carbonyl (C=O) groups is 2. The first kappa shape index (κ1) is 22.8. The van der Waals surface area contributed by atoms with Gasteiger partial charge in [0.25, 0.3) is 11.5 Å². The first-order valence-electron chi connectivity index (χ1n) is 10.6. The molecule has 1 amide bonds. The van der Waals surface area contributed by atoms with Gasteiger partial charge < -0.3 is 19.3 Å². The molecule has 4 rings (SSSR count). The Morgan fingerprint density at radius 2 is 1.82 bits per heavy atom. The van der Waals surface area contributed by atoms with E-state index in [1.165, 1.54) is 12.1 Å². The summed E-state index contributed by atoms with van der Waals surface area (Å²) in [5.41, 5.74) is 2.83. The molecule has 2 aromatic heterocycles. The Hall–Kier alpha value is -4.40. The number of carbonyl (C=O) groups excluding carboxylic acids is 2. The Balaban J connectivity index is 1.40. The zero-order chi connectivity index (χ0) is 24.2. The smallest absolute Gasteiger partial charge is 0.340 e. The van der Waals surface area contributed by atoms with Crippen LogP contribution in [0.4, 0.5) is 5.69 Å². The SMILES string of the molecule is Cc1cc2nc(COC(=O)c3ccccc3NC(=O)COc3ccc(C)c(C)c3)cc(=O)n2o1. The number of amides is 1. The summed E-state index contributed by atoms with van der Waals surface area (Å²) < 4.78 is 17.2. The summed E-state index contributed by atoms with van der Waals surface area (Å²) >= 11 is 0. The molecule has 0 aliphatic rings. The summed E-state index contributed by atoms with van der Waals surface area (Å²) in [6.07, 6.45) is 0. The predicted octanol–water partition coefficient (Wildman–Crippen LogP) is 3.59. The number of rotatable bonds is 7. The number of hydrogen-bond acceptors (Lipinski definition) is 7. The molecule has 0 saturated heterocycles. The van der Waals surface area contributed by atoms with Crippen LogP contribution in [0.25, 0.3) is 5.65 Å². The largest absolute Gasteiger partial charge is 0.484 e. The number of fused-ring (bicyclic) bond motifs is 1. The molecule has 1 N–H and O–H groups in total. The second-order valence-electron chi connectivity index (χ2n) is 7.79. The van der Waals surface area contributed by atoms with Crippen LogP contribution >= 0.6 is 0 Å². The van der Waals surface area contributed by atoms with Crippen LogP contribution in [-0.4, -0.2) is 28.0 Å².